The Bertz CT molecular complexity index is 249. The molecule has 0 saturated carbocycles. The van der Waals surface area contributed by atoms with E-state index in [1.807, 2.05) is 4.90 Å². The predicted molar refractivity (Wildman–Crippen MR) is 53.0 cm³/mol. The second-order valence-corrected chi connectivity index (χ2v) is 3.74. The van der Waals surface area contributed by atoms with Gasteiger partial charge in [0.15, 0.2) is 0 Å². The lowest BCUT2D eigenvalue weighted by atomic mass is 10.1. The molecule has 0 aromatic heterocycles. The minimum absolute atomic E-state index is 0.00120. The highest BCUT2D eigenvalue weighted by Crippen LogP contribution is 2.24. The Morgan fingerprint density at radius 2 is 2.31 bits per heavy atom. The molecule has 2 unspecified atom stereocenters. The average molecular weight is 179 g/mol. The highest BCUT2D eigenvalue weighted by atomic mass is 16.2. The number of amides is 1. The molecule has 0 bridgehead atoms. The minimum Gasteiger partial charge on any atom is -0.329 e. The summed E-state index contributed by atoms with van der Waals surface area (Å²) in [5, 5.41) is 0. The molecule has 1 fully saturated rings. The van der Waals surface area contributed by atoms with Crippen LogP contribution in [0.25, 0.3) is 0 Å². The first-order valence-electron chi connectivity index (χ1n) is 4.92. The van der Waals surface area contributed by atoms with Gasteiger partial charge < -0.3 is 4.90 Å². The van der Waals surface area contributed by atoms with Crippen molar-refractivity contribution in [3.05, 3.63) is 0 Å². The third-order valence-electron chi connectivity index (χ3n) is 2.59. The Morgan fingerprint density at radius 1 is 1.62 bits per heavy atom. The van der Waals surface area contributed by atoms with Crippen molar-refractivity contribution in [2.24, 2.45) is 5.92 Å². The maximum atomic E-state index is 11.5. The molecule has 2 nitrogen and oxygen atoms in total. The van der Waals surface area contributed by atoms with Crippen LogP contribution in [0.3, 0.4) is 0 Å². The van der Waals surface area contributed by atoms with Crippen molar-refractivity contribution in [3.8, 4) is 11.8 Å². The fourth-order valence-corrected chi connectivity index (χ4v) is 1.97. The second-order valence-electron chi connectivity index (χ2n) is 3.74. The van der Waals surface area contributed by atoms with Gasteiger partial charge in [0.2, 0.25) is 0 Å². The zero-order valence-electron chi connectivity index (χ0n) is 8.63. The Labute approximate surface area is 80.3 Å². The molecule has 2 heteroatoms. The molecule has 0 aromatic rings. The molecule has 1 aliphatic heterocycles. The second kappa shape index (κ2) is 4.32. The number of carbonyl (C=O) groups excluding carboxylic acids is 1. The molecule has 1 rings (SSSR count). The van der Waals surface area contributed by atoms with E-state index in [-0.39, 0.29) is 5.91 Å². The lowest BCUT2D eigenvalue weighted by Crippen LogP contribution is -2.34. The first-order valence-corrected chi connectivity index (χ1v) is 4.92. The Balaban J connectivity index is 2.66. The highest BCUT2D eigenvalue weighted by molar-refractivity contribution is 5.93. The van der Waals surface area contributed by atoms with Crippen molar-refractivity contribution >= 4 is 5.91 Å². The van der Waals surface area contributed by atoms with E-state index in [2.05, 4.69) is 25.7 Å². The van der Waals surface area contributed by atoms with Crippen LogP contribution >= 0.6 is 0 Å². The van der Waals surface area contributed by atoms with Crippen LogP contribution in [0.1, 0.15) is 33.6 Å². The summed E-state index contributed by atoms with van der Waals surface area (Å²) in [6, 6.07) is 0.420. The van der Waals surface area contributed by atoms with Gasteiger partial charge in [0.25, 0.3) is 5.91 Å². The summed E-state index contributed by atoms with van der Waals surface area (Å²) in [5.41, 5.74) is 0. The predicted octanol–water partition coefficient (Wildman–Crippen LogP) is 1.66. The van der Waals surface area contributed by atoms with E-state index in [1.165, 1.54) is 0 Å². The molecule has 0 N–H and O–H groups in total. The van der Waals surface area contributed by atoms with Crippen LogP contribution in [0.2, 0.25) is 0 Å². The summed E-state index contributed by atoms with van der Waals surface area (Å²) in [6.45, 7) is 6.90. The lowest BCUT2D eigenvalue weighted by Gasteiger charge is -2.20. The monoisotopic (exact) mass is 179 g/mol. The van der Waals surface area contributed by atoms with E-state index in [1.54, 1.807) is 6.92 Å². The molecule has 1 heterocycles. The number of carbonyl (C=O) groups is 1. The summed E-state index contributed by atoms with van der Waals surface area (Å²) in [6.07, 6.45) is 2.18. The molecule has 1 amide bonds. The molecule has 2 atom stereocenters. The van der Waals surface area contributed by atoms with Crippen LogP contribution in [0.15, 0.2) is 0 Å². The fourth-order valence-electron chi connectivity index (χ4n) is 1.97. The van der Waals surface area contributed by atoms with Gasteiger partial charge in [0, 0.05) is 12.6 Å². The van der Waals surface area contributed by atoms with Crippen LogP contribution in [0.5, 0.6) is 0 Å². The maximum absolute atomic E-state index is 11.5. The molecule has 72 valence electrons. The summed E-state index contributed by atoms with van der Waals surface area (Å²) < 4.78 is 0. The average Bonchev–Trinajstić information content (AvgIpc) is 2.47. The Hall–Kier alpha value is -0.970. The summed E-state index contributed by atoms with van der Waals surface area (Å²) >= 11 is 0. The van der Waals surface area contributed by atoms with Gasteiger partial charge in [-0.2, -0.15) is 0 Å². The smallest absolute Gasteiger partial charge is 0.298 e. The van der Waals surface area contributed by atoms with Crippen LogP contribution in [-0.2, 0) is 4.79 Å². The van der Waals surface area contributed by atoms with Crippen molar-refractivity contribution < 1.29 is 4.79 Å². The topological polar surface area (TPSA) is 20.3 Å². The van der Waals surface area contributed by atoms with Crippen molar-refractivity contribution in [1.29, 1.82) is 0 Å². The van der Waals surface area contributed by atoms with Crippen LogP contribution in [0, 0.1) is 17.8 Å². The number of likely N-dealkylation sites (tertiary alicyclic amines) is 1. The normalized spacial score (nSPS) is 26.8. The van der Waals surface area contributed by atoms with E-state index >= 15 is 0 Å². The van der Waals surface area contributed by atoms with E-state index in [0.717, 1.165) is 19.4 Å². The zero-order valence-corrected chi connectivity index (χ0v) is 8.63. The van der Waals surface area contributed by atoms with Gasteiger partial charge in [-0.15, -0.1) is 0 Å². The van der Waals surface area contributed by atoms with E-state index in [0.29, 0.717) is 12.0 Å². The van der Waals surface area contributed by atoms with Crippen LogP contribution < -0.4 is 0 Å². The molecule has 1 saturated heterocycles. The Morgan fingerprint density at radius 3 is 2.85 bits per heavy atom. The van der Waals surface area contributed by atoms with Gasteiger partial charge in [-0.3, -0.25) is 4.79 Å². The quantitative estimate of drug-likeness (QED) is 0.560. The maximum Gasteiger partial charge on any atom is 0.298 e. The number of hydrogen-bond donors (Lipinski definition) is 0. The van der Waals surface area contributed by atoms with E-state index in [4.69, 9.17) is 0 Å². The first kappa shape index (κ1) is 10.1. The first-order chi connectivity index (χ1) is 6.19. The van der Waals surface area contributed by atoms with E-state index < -0.39 is 0 Å². The molecule has 0 radical (unpaired) electrons. The van der Waals surface area contributed by atoms with Gasteiger partial charge in [0.05, 0.1) is 0 Å². The molecule has 13 heavy (non-hydrogen) atoms. The highest BCUT2D eigenvalue weighted by Gasteiger charge is 2.30. The molecule has 0 aromatic carbocycles. The molecular weight excluding hydrogens is 162 g/mol. The largest absolute Gasteiger partial charge is 0.329 e. The SMILES string of the molecule is CC#CC(=O)N1CC(C)CC1CC. The van der Waals surface area contributed by atoms with Crippen molar-refractivity contribution in [2.45, 2.75) is 39.7 Å². The lowest BCUT2D eigenvalue weighted by molar-refractivity contribution is -0.126. The number of rotatable bonds is 1. The summed E-state index contributed by atoms with van der Waals surface area (Å²) in [7, 11) is 0. The molecule has 0 spiro atoms. The molecule has 0 aliphatic carbocycles. The summed E-state index contributed by atoms with van der Waals surface area (Å²) in [4.78, 5) is 13.4. The van der Waals surface area contributed by atoms with Crippen molar-refractivity contribution in [2.75, 3.05) is 6.54 Å². The van der Waals surface area contributed by atoms with Crippen molar-refractivity contribution in [1.82, 2.24) is 4.90 Å². The van der Waals surface area contributed by atoms with E-state index in [9.17, 15) is 4.79 Å². The van der Waals surface area contributed by atoms with Gasteiger partial charge in [0.1, 0.15) is 0 Å². The summed E-state index contributed by atoms with van der Waals surface area (Å²) in [5.74, 6) is 5.90. The third-order valence-corrected chi connectivity index (χ3v) is 2.59. The minimum atomic E-state index is -0.00120. The molecular formula is C11H17NO. The number of hydrogen-bond acceptors (Lipinski definition) is 1. The Kier molecular flexibility index (Phi) is 3.36. The molecule has 1 aliphatic rings. The van der Waals surface area contributed by atoms with Crippen LogP contribution in [0.4, 0.5) is 0 Å². The van der Waals surface area contributed by atoms with Gasteiger partial charge >= 0.3 is 0 Å². The van der Waals surface area contributed by atoms with Gasteiger partial charge in [-0.05, 0) is 31.6 Å². The van der Waals surface area contributed by atoms with Gasteiger partial charge in [-0.25, -0.2) is 0 Å². The third kappa shape index (κ3) is 2.24. The van der Waals surface area contributed by atoms with Crippen molar-refractivity contribution in [3.63, 3.8) is 0 Å². The standard InChI is InChI=1S/C11H17NO/c1-4-6-11(13)12-8-9(3)7-10(12)5-2/h9-10H,5,7-8H2,1-3H3. The van der Waals surface area contributed by atoms with Crippen LogP contribution in [-0.4, -0.2) is 23.4 Å². The fraction of sp³-hybridized carbons (Fsp3) is 0.727. The zero-order chi connectivity index (χ0) is 9.84. The van der Waals surface area contributed by atoms with Gasteiger partial charge in [-0.1, -0.05) is 19.8 Å². The number of nitrogens with zero attached hydrogens (tertiary/aromatic N) is 1.